The molecule has 1 atom stereocenters. The lowest BCUT2D eigenvalue weighted by Crippen LogP contribution is -2.35. The highest BCUT2D eigenvalue weighted by Crippen LogP contribution is 1.94. The lowest BCUT2D eigenvalue weighted by atomic mass is 10.2. The van der Waals surface area contributed by atoms with E-state index >= 15 is 0 Å². The third kappa shape index (κ3) is 3.16. The number of nitrogens with one attached hydrogen (secondary N) is 1. The molecule has 1 aromatic rings. The fourth-order valence-electron chi connectivity index (χ4n) is 1.19. The summed E-state index contributed by atoms with van der Waals surface area (Å²) in [4.78, 5) is 22.7. The largest absolute Gasteiger partial charge is 0.396 e. The molecule has 1 amide bonds. The van der Waals surface area contributed by atoms with Gasteiger partial charge >= 0.3 is 0 Å². The topological polar surface area (TPSA) is 84.2 Å². The van der Waals surface area contributed by atoms with Crippen molar-refractivity contribution in [1.29, 1.82) is 0 Å². The van der Waals surface area contributed by atoms with Crippen LogP contribution in [-0.4, -0.2) is 33.4 Å². The Kier molecular flexibility index (Phi) is 4.19. The van der Waals surface area contributed by atoms with Crippen molar-refractivity contribution < 1.29 is 9.90 Å². The van der Waals surface area contributed by atoms with E-state index in [1.807, 2.05) is 0 Å². The number of rotatable bonds is 4. The molecule has 6 heteroatoms. The van der Waals surface area contributed by atoms with Crippen LogP contribution in [0.1, 0.15) is 23.8 Å². The van der Waals surface area contributed by atoms with Gasteiger partial charge in [0.15, 0.2) is 0 Å². The van der Waals surface area contributed by atoms with Crippen LogP contribution < -0.4 is 10.9 Å². The van der Waals surface area contributed by atoms with Gasteiger partial charge < -0.3 is 10.4 Å². The smallest absolute Gasteiger partial charge is 0.271 e. The van der Waals surface area contributed by atoms with E-state index in [-0.39, 0.29) is 29.8 Å². The number of aryl methyl sites for hydroxylation is 1. The molecule has 1 rings (SSSR count). The molecule has 2 N–H and O–H groups in total. The molecule has 1 heterocycles. The normalized spacial score (nSPS) is 12.2. The molecule has 0 aliphatic carbocycles. The molecular weight excluding hydrogens is 210 g/mol. The summed E-state index contributed by atoms with van der Waals surface area (Å²) < 4.78 is 1.10. The van der Waals surface area contributed by atoms with Gasteiger partial charge in [0, 0.05) is 25.8 Å². The summed E-state index contributed by atoms with van der Waals surface area (Å²) in [6, 6.07) is 2.54. The van der Waals surface area contributed by atoms with E-state index in [2.05, 4.69) is 10.4 Å². The summed E-state index contributed by atoms with van der Waals surface area (Å²) in [5.41, 5.74) is -0.0770. The fraction of sp³-hybridized carbons (Fsp3) is 0.500. The SMILES string of the molecule is CC(CCO)NC(=O)c1ccc(=O)n(C)n1. The van der Waals surface area contributed by atoms with Crippen LogP contribution in [0.2, 0.25) is 0 Å². The Hall–Kier alpha value is -1.69. The predicted molar refractivity (Wildman–Crippen MR) is 58.1 cm³/mol. The van der Waals surface area contributed by atoms with E-state index in [9.17, 15) is 9.59 Å². The van der Waals surface area contributed by atoms with Gasteiger partial charge in [-0.15, -0.1) is 0 Å². The van der Waals surface area contributed by atoms with Crippen LogP contribution in [0.25, 0.3) is 0 Å². The fourth-order valence-corrected chi connectivity index (χ4v) is 1.19. The van der Waals surface area contributed by atoms with Crippen LogP contribution in [0.15, 0.2) is 16.9 Å². The second-order valence-electron chi connectivity index (χ2n) is 3.57. The summed E-state index contributed by atoms with van der Waals surface area (Å²) in [7, 11) is 1.48. The Labute approximate surface area is 92.9 Å². The van der Waals surface area contributed by atoms with E-state index in [4.69, 9.17) is 5.11 Å². The van der Waals surface area contributed by atoms with E-state index in [0.29, 0.717) is 6.42 Å². The number of aliphatic hydroxyl groups excluding tert-OH is 1. The average Bonchev–Trinajstić information content (AvgIpc) is 2.22. The van der Waals surface area contributed by atoms with Crippen LogP contribution >= 0.6 is 0 Å². The summed E-state index contributed by atoms with van der Waals surface area (Å²) in [5.74, 6) is -0.350. The highest BCUT2D eigenvalue weighted by molar-refractivity contribution is 5.92. The molecule has 0 spiro atoms. The molecule has 1 unspecified atom stereocenters. The Bertz CT molecular complexity index is 428. The molecule has 0 radical (unpaired) electrons. The van der Waals surface area contributed by atoms with Gasteiger partial charge in [0.2, 0.25) is 0 Å². The van der Waals surface area contributed by atoms with Gasteiger partial charge in [-0.2, -0.15) is 5.10 Å². The molecule has 0 bridgehead atoms. The van der Waals surface area contributed by atoms with Gasteiger partial charge in [0.05, 0.1) is 0 Å². The molecule has 0 saturated carbocycles. The summed E-state index contributed by atoms with van der Waals surface area (Å²) in [6.45, 7) is 1.80. The highest BCUT2D eigenvalue weighted by Gasteiger charge is 2.11. The maximum Gasteiger partial charge on any atom is 0.271 e. The van der Waals surface area contributed by atoms with Crippen molar-refractivity contribution in [2.75, 3.05) is 6.61 Å². The molecule has 0 aliphatic heterocycles. The standard InChI is InChI=1S/C10H15N3O3/c1-7(5-6-14)11-10(16)8-3-4-9(15)13(2)12-8/h3-4,7,14H,5-6H2,1-2H3,(H,11,16). The monoisotopic (exact) mass is 225 g/mol. The molecule has 0 aromatic carbocycles. The van der Waals surface area contributed by atoms with Crippen molar-refractivity contribution in [2.45, 2.75) is 19.4 Å². The minimum atomic E-state index is -0.350. The molecule has 0 saturated heterocycles. The predicted octanol–water partition coefficient (Wildman–Crippen LogP) is -0.719. The van der Waals surface area contributed by atoms with Crippen LogP contribution in [-0.2, 0) is 7.05 Å². The number of amides is 1. The number of carbonyl (C=O) groups excluding carboxylic acids is 1. The first kappa shape index (κ1) is 12.4. The Morgan fingerprint density at radius 1 is 1.62 bits per heavy atom. The molecule has 1 aromatic heterocycles. The maximum absolute atomic E-state index is 11.6. The van der Waals surface area contributed by atoms with Gasteiger partial charge in [0.1, 0.15) is 5.69 Å². The minimum absolute atomic E-state index is 0.0160. The van der Waals surface area contributed by atoms with Gasteiger partial charge in [-0.25, -0.2) is 4.68 Å². The number of aromatic nitrogens is 2. The van der Waals surface area contributed by atoms with Crippen LogP contribution in [0.3, 0.4) is 0 Å². The third-order valence-electron chi connectivity index (χ3n) is 2.13. The zero-order valence-corrected chi connectivity index (χ0v) is 9.30. The maximum atomic E-state index is 11.6. The number of nitrogens with zero attached hydrogens (tertiary/aromatic N) is 2. The van der Waals surface area contributed by atoms with Gasteiger partial charge in [-0.05, 0) is 19.4 Å². The van der Waals surface area contributed by atoms with Crippen molar-refractivity contribution >= 4 is 5.91 Å². The Balaban J connectivity index is 2.73. The number of hydrogen-bond acceptors (Lipinski definition) is 4. The first-order chi connectivity index (χ1) is 7.54. The van der Waals surface area contributed by atoms with Crippen LogP contribution in [0.4, 0.5) is 0 Å². The minimum Gasteiger partial charge on any atom is -0.396 e. The zero-order valence-electron chi connectivity index (χ0n) is 9.30. The van der Waals surface area contributed by atoms with E-state index in [0.717, 1.165) is 4.68 Å². The van der Waals surface area contributed by atoms with Crippen molar-refractivity contribution in [2.24, 2.45) is 7.05 Å². The van der Waals surface area contributed by atoms with Crippen molar-refractivity contribution in [3.63, 3.8) is 0 Å². The van der Waals surface area contributed by atoms with E-state index in [1.54, 1.807) is 6.92 Å². The molecule has 0 aliphatic rings. The second-order valence-corrected chi connectivity index (χ2v) is 3.57. The van der Waals surface area contributed by atoms with Crippen molar-refractivity contribution in [1.82, 2.24) is 15.1 Å². The zero-order chi connectivity index (χ0) is 12.1. The third-order valence-corrected chi connectivity index (χ3v) is 2.13. The lowest BCUT2D eigenvalue weighted by molar-refractivity contribution is 0.0927. The quantitative estimate of drug-likeness (QED) is 0.708. The summed E-state index contributed by atoms with van der Waals surface area (Å²) in [6.07, 6.45) is 0.484. The first-order valence-electron chi connectivity index (χ1n) is 5.00. The van der Waals surface area contributed by atoms with Crippen molar-refractivity contribution in [3.05, 3.63) is 28.2 Å². The molecular formula is C10H15N3O3. The van der Waals surface area contributed by atoms with E-state index < -0.39 is 0 Å². The first-order valence-corrected chi connectivity index (χ1v) is 5.00. The number of aliphatic hydroxyl groups is 1. The molecule has 16 heavy (non-hydrogen) atoms. The Morgan fingerprint density at radius 2 is 2.31 bits per heavy atom. The van der Waals surface area contributed by atoms with Gasteiger partial charge in [-0.3, -0.25) is 9.59 Å². The lowest BCUT2D eigenvalue weighted by Gasteiger charge is -2.11. The molecule has 0 fully saturated rings. The number of carbonyl (C=O) groups is 1. The van der Waals surface area contributed by atoms with E-state index in [1.165, 1.54) is 19.2 Å². The van der Waals surface area contributed by atoms with Crippen LogP contribution in [0.5, 0.6) is 0 Å². The second kappa shape index (κ2) is 5.41. The van der Waals surface area contributed by atoms with Crippen LogP contribution in [0, 0.1) is 0 Å². The van der Waals surface area contributed by atoms with Crippen molar-refractivity contribution in [3.8, 4) is 0 Å². The molecule has 6 nitrogen and oxygen atoms in total. The summed E-state index contributed by atoms with van der Waals surface area (Å²) >= 11 is 0. The van der Waals surface area contributed by atoms with Gasteiger partial charge in [-0.1, -0.05) is 0 Å². The number of hydrogen-bond donors (Lipinski definition) is 2. The average molecular weight is 225 g/mol. The molecule has 88 valence electrons. The summed E-state index contributed by atoms with van der Waals surface area (Å²) in [5, 5.41) is 15.2. The highest BCUT2D eigenvalue weighted by atomic mass is 16.3. The Morgan fingerprint density at radius 3 is 2.88 bits per heavy atom. The van der Waals surface area contributed by atoms with Gasteiger partial charge in [0.25, 0.3) is 11.5 Å².